The first-order valence-electron chi connectivity index (χ1n) is 8.33. The van der Waals surface area contributed by atoms with Crippen LogP contribution in [0.4, 0.5) is 29.1 Å². The minimum atomic E-state index is -0.345. The standard InChI is InChI=1S/C18H19ClN8O/c1-5-16(28)24-14-6-10(2)7-15(23-14)25-17-12(19)8-20-18(26-17)22-13-9-21-27(4)11(13)3/h5-9H,1H2,2-4H3,(H3,20,22,23,24,25,26,28). The molecule has 28 heavy (non-hydrogen) atoms. The average molecular weight is 399 g/mol. The maximum Gasteiger partial charge on any atom is 0.248 e. The van der Waals surface area contributed by atoms with Gasteiger partial charge in [0.2, 0.25) is 11.9 Å². The molecule has 3 rings (SSSR count). The van der Waals surface area contributed by atoms with E-state index in [0.717, 1.165) is 16.9 Å². The molecule has 10 heteroatoms. The Morgan fingerprint density at radius 1 is 1.18 bits per heavy atom. The number of carbonyl (C=O) groups is 1. The lowest BCUT2D eigenvalue weighted by Crippen LogP contribution is -2.10. The highest BCUT2D eigenvalue weighted by Crippen LogP contribution is 2.26. The van der Waals surface area contributed by atoms with Crippen molar-refractivity contribution in [3.05, 3.63) is 53.5 Å². The molecule has 0 aliphatic carbocycles. The molecular formula is C18H19ClN8O. The van der Waals surface area contributed by atoms with Crippen LogP contribution in [0.2, 0.25) is 5.02 Å². The van der Waals surface area contributed by atoms with Crippen molar-refractivity contribution in [3.63, 3.8) is 0 Å². The second kappa shape index (κ2) is 8.05. The van der Waals surface area contributed by atoms with Crippen LogP contribution in [0.5, 0.6) is 0 Å². The number of anilines is 5. The van der Waals surface area contributed by atoms with E-state index in [0.29, 0.717) is 28.4 Å². The summed E-state index contributed by atoms with van der Waals surface area (Å²) in [7, 11) is 1.85. The number of nitrogens with zero attached hydrogens (tertiary/aromatic N) is 5. The van der Waals surface area contributed by atoms with E-state index in [1.807, 2.05) is 20.9 Å². The maximum atomic E-state index is 11.5. The zero-order valence-corrected chi connectivity index (χ0v) is 16.4. The van der Waals surface area contributed by atoms with E-state index in [1.165, 1.54) is 12.3 Å². The zero-order chi connectivity index (χ0) is 20.3. The lowest BCUT2D eigenvalue weighted by Gasteiger charge is -2.11. The Morgan fingerprint density at radius 3 is 2.61 bits per heavy atom. The number of halogens is 1. The van der Waals surface area contributed by atoms with E-state index in [1.54, 1.807) is 23.0 Å². The fourth-order valence-electron chi connectivity index (χ4n) is 2.35. The third-order valence-corrected chi connectivity index (χ3v) is 4.16. The first-order valence-corrected chi connectivity index (χ1v) is 8.71. The molecule has 0 atom stereocenters. The number of pyridine rings is 1. The third kappa shape index (κ3) is 4.44. The summed E-state index contributed by atoms with van der Waals surface area (Å²) in [6.07, 6.45) is 4.36. The fraction of sp³-hybridized carbons (Fsp3) is 0.167. The topological polar surface area (TPSA) is 110 Å². The molecule has 0 aliphatic heterocycles. The first-order chi connectivity index (χ1) is 13.4. The molecule has 0 saturated heterocycles. The molecule has 0 aromatic carbocycles. The van der Waals surface area contributed by atoms with E-state index in [9.17, 15) is 4.79 Å². The summed E-state index contributed by atoms with van der Waals surface area (Å²) in [5.74, 6) is 1.25. The van der Waals surface area contributed by atoms with Gasteiger partial charge in [-0.1, -0.05) is 18.2 Å². The minimum absolute atomic E-state index is 0.327. The largest absolute Gasteiger partial charge is 0.323 e. The van der Waals surface area contributed by atoms with Crippen LogP contribution in [-0.2, 0) is 11.8 Å². The van der Waals surface area contributed by atoms with Gasteiger partial charge in [0.15, 0.2) is 5.82 Å². The van der Waals surface area contributed by atoms with Crippen molar-refractivity contribution in [3.8, 4) is 0 Å². The van der Waals surface area contributed by atoms with Gasteiger partial charge in [-0.3, -0.25) is 9.48 Å². The number of rotatable bonds is 6. The molecule has 9 nitrogen and oxygen atoms in total. The minimum Gasteiger partial charge on any atom is -0.323 e. The normalized spacial score (nSPS) is 10.4. The van der Waals surface area contributed by atoms with Crippen LogP contribution >= 0.6 is 11.6 Å². The monoisotopic (exact) mass is 398 g/mol. The van der Waals surface area contributed by atoms with Gasteiger partial charge in [-0.05, 0) is 37.6 Å². The first kappa shape index (κ1) is 19.3. The number of aromatic nitrogens is 5. The van der Waals surface area contributed by atoms with Crippen molar-refractivity contribution in [1.82, 2.24) is 24.7 Å². The summed E-state index contributed by atoms with van der Waals surface area (Å²) < 4.78 is 1.74. The van der Waals surface area contributed by atoms with E-state index in [2.05, 4.69) is 42.6 Å². The molecule has 3 N–H and O–H groups in total. The molecule has 0 bridgehead atoms. The van der Waals surface area contributed by atoms with Gasteiger partial charge >= 0.3 is 0 Å². The highest BCUT2D eigenvalue weighted by molar-refractivity contribution is 6.32. The van der Waals surface area contributed by atoms with Crippen LogP contribution in [0.3, 0.4) is 0 Å². The summed E-state index contributed by atoms with van der Waals surface area (Å²) in [5, 5.41) is 13.3. The molecule has 0 aliphatic rings. The Labute approximate surface area is 166 Å². The highest BCUT2D eigenvalue weighted by atomic mass is 35.5. The third-order valence-electron chi connectivity index (χ3n) is 3.88. The van der Waals surface area contributed by atoms with Gasteiger partial charge in [0.05, 0.1) is 23.8 Å². The molecule has 0 spiro atoms. The van der Waals surface area contributed by atoms with Crippen molar-refractivity contribution >= 4 is 46.6 Å². The molecule has 1 amide bonds. The van der Waals surface area contributed by atoms with Crippen LogP contribution in [-0.4, -0.2) is 30.6 Å². The van der Waals surface area contributed by atoms with E-state index >= 15 is 0 Å². The molecule has 0 radical (unpaired) electrons. The number of nitrogens with one attached hydrogen (secondary N) is 3. The fourth-order valence-corrected chi connectivity index (χ4v) is 2.49. The van der Waals surface area contributed by atoms with E-state index < -0.39 is 0 Å². The lowest BCUT2D eigenvalue weighted by atomic mass is 10.3. The van der Waals surface area contributed by atoms with Gasteiger partial charge in [0.25, 0.3) is 0 Å². The van der Waals surface area contributed by atoms with Gasteiger partial charge in [-0.2, -0.15) is 10.1 Å². The van der Waals surface area contributed by atoms with Gasteiger partial charge in [0.1, 0.15) is 16.7 Å². The van der Waals surface area contributed by atoms with E-state index in [-0.39, 0.29) is 5.91 Å². The molecule has 0 saturated carbocycles. The Kier molecular flexibility index (Phi) is 5.55. The summed E-state index contributed by atoms with van der Waals surface area (Å²) >= 11 is 6.23. The predicted octanol–water partition coefficient (Wildman–Crippen LogP) is 3.49. The summed E-state index contributed by atoms with van der Waals surface area (Å²) in [4.78, 5) is 24.5. The van der Waals surface area contributed by atoms with Crippen LogP contribution in [0, 0.1) is 13.8 Å². The van der Waals surface area contributed by atoms with Gasteiger partial charge in [0, 0.05) is 7.05 Å². The zero-order valence-electron chi connectivity index (χ0n) is 15.6. The van der Waals surface area contributed by atoms with Crippen LogP contribution in [0.25, 0.3) is 0 Å². The van der Waals surface area contributed by atoms with Gasteiger partial charge < -0.3 is 16.0 Å². The number of carbonyl (C=O) groups excluding carboxylic acids is 1. The van der Waals surface area contributed by atoms with Crippen molar-refractivity contribution < 1.29 is 4.79 Å². The molecular weight excluding hydrogens is 380 g/mol. The SMILES string of the molecule is C=CC(=O)Nc1cc(C)cc(Nc2nc(Nc3cnn(C)c3C)ncc2Cl)n1. The Hall–Kier alpha value is -3.46. The van der Waals surface area contributed by atoms with Crippen LogP contribution in [0.15, 0.2) is 37.2 Å². The summed E-state index contributed by atoms with van der Waals surface area (Å²) in [6, 6.07) is 3.55. The second-order valence-electron chi connectivity index (χ2n) is 6.02. The number of hydrogen-bond acceptors (Lipinski definition) is 7. The molecule has 0 fully saturated rings. The molecule has 3 heterocycles. The van der Waals surface area contributed by atoms with Crippen molar-refractivity contribution in [2.75, 3.05) is 16.0 Å². The van der Waals surface area contributed by atoms with Crippen molar-refractivity contribution in [2.24, 2.45) is 7.05 Å². The molecule has 0 unspecified atom stereocenters. The quantitative estimate of drug-likeness (QED) is 0.545. The number of aryl methyl sites for hydroxylation is 2. The molecule has 144 valence electrons. The lowest BCUT2D eigenvalue weighted by molar-refractivity contribution is -0.111. The summed E-state index contributed by atoms with van der Waals surface area (Å²) in [6.45, 7) is 7.25. The number of amides is 1. The molecule has 3 aromatic heterocycles. The van der Waals surface area contributed by atoms with Crippen LogP contribution < -0.4 is 16.0 Å². The average Bonchev–Trinajstić information content (AvgIpc) is 2.96. The Balaban J connectivity index is 1.85. The van der Waals surface area contributed by atoms with Gasteiger partial charge in [-0.15, -0.1) is 0 Å². The van der Waals surface area contributed by atoms with Crippen molar-refractivity contribution in [1.29, 1.82) is 0 Å². The van der Waals surface area contributed by atoms with E-state index in [4.69, 9.17) is 11.6 Å². The van der Waals surface area contributed by atoms with Crippen molar-refractivity contribution in [2.45, 2.75) is 13.8 Å². The number of hydrogen-bond donors (Lipinski definition) is 3. The predicted molar refractivity (Wildman–Crippen MR) is 109 cm³/mol. The second-order valence-corrected chi connectivity index (χ2v) is 6.42. The smallest absolute Gasteiger partial charge is 0.248 e. The van der Waals surface area contributed by atoms with Crippen LogP contribution in [0.1, 0.15) is 11.3 Å². The Morgan fingerprint density at radius 2 is 1.93 bits per heavy atom. The van der Waals surface area contributed by atoms with Gasteiger partial charge in [-0.25, -0.2) is 9.97 Å². The maximum absolute atomic E-state index is 11.5. The summed E-state index contributed by atoms with van der Waals surface area (Å²) in [5.41, 5.74) is 2.63. The highest BCUT2D eigenvalue weighted by Gasteiger charge is 2.11. The Bertz CT molecular complexity index is 1050. The molecule has 3 aromatic rings.